The van der Waals surface area contributed by atoms with Gasteiger partial charge in [-0.05, 0) is 30.5 Å². The van der Waals surface area contributed by atoms with Gasteiger partial charge in [0.1, 0.15) is 5.76 Å². The van der Waals surface area contributed by atoms with E-state index in [1.165, 1.54) is 0 Å². The minimum atomic E-state index is -0.332. The number of amides is 3. The van der Waals surface area contributed by atoms with Gasteiger partial charge in [0.2, 0.25) is 0 Å². The summed E-state index contributed by atoms with van der Waals surface area (Å²) in [6, 6.07) is 5.07. The van der Waals surface area contributed by atoms with Gasteiger partial charge >= 0.3 is 6.03 Å². The second-order valence-electron chi connectivity index (χ2n) is 5.92. The highest BCUT2D eigenvalue weighted by molar-refractivity contribution is 5.99. The first kappa shape index (κ1) is 17.0. The van der Waals surface area contributed by atoms with E-state index in [2.05, 4.69) is 21.1 Å². The third-order valence-electron chi connectivity index (χ3n) is 4.32. The molecule has 0 atom stereocenters. The van der Waals surface area contributed by atoms with Gasteiger partial charge in [0.15, 0.2) is 0 Å². The predicted octanol–water partition coefficient (Wildman–Crippen LogP) is 2.41. The maximum Gasteiger partial charge on any atom is 0.319 e. The summed E-state index contributed by atoms with van der Waals surface area (Å²) in [6.45, 7) is 4.99. The maximum atomic E-state index is 12.2. The molecule has 1 aromatic heterocycles. The van der Waals surface area contributed by atoms with Crippen molar-refractivity contribution in [2.24, 2.45) is 0 Å². The molecule has 7 nitrogen and oxygen atoms in total. The Kier molecular flexibility index (Phi) is 5.02. The fourth-order valence-corrected chi connectivity index (χ4v) is 2.97. The van der Waals surface area contributed by atoms with E-state index in [4.69, 9.17) is 4.52 Å². The number of aromatic nitrogens is 1. The molecule has 0 saturated carbocycles. The molecule has 1 aliphatic rings. The van der Waals surface area contributed by atoms with E-state index in [1.807, 2.05) is 26.0 Å². The molecule has 0 spiro atoms. The summed E-state index contributed by atoms with van der Waals surface area (Å²) in [5.41, 5.74) is 4.00. The topological polar surface area (TPSA) is 96.3 Å². The molecule has 7 heteroatoms. The first-order chi connectivity index (χ1) is 12.1. The van der Waals surface area contributed by atoms with E-state index in [1.54, 1.807) is 6.07 Å². The summed E-state index contributed by atoms with van der Waals surface area (Å²) >= 11 is 0. The van der Waals surface area contributed by atoms with Crippen LogP contribution in [0.1, 0.15) is 46.8 Å². The lowest BCUT2D eigenvalue weighted by atomic mass is 10.00. The van der Waals surface area contributed by atoms with E-state index < -0.39 is 0 Å². The standard InChI is InChI=1S/C18H22N4O3/c1-3-15-14(16(4-2)25-22-15)10-20-18(24)21-12-6-5-11-7-8-19-17(23)13(11)9-12/h5-6,9H,3-4,7-8,10H2,1-2H3,(H,19,23)(H2,20,21,24). The molecular formula is C18H22N4O3. The summed E-state index contributed by atoms with van der Waals surface area (Å²) in [6.07, 6.45) is 2.29. The van der Waals surface area contributed by atoms with Gasteiger partial charge in [-0.3, -0.25) is 4.79 Å². The van der Waals surface area contributed by atoms with Crippen molar-refractivity contribution in [1.82, 2.24) is 15.8 Å². The zero-order valence-corrected chi connectivity index (χ0v) is 14.4. The van der Waals surface area contributed by atoms with E-state index in [9.17, 15) is 9.59 Å². The van der Waals surface area contributed by atoms with E-state index >= 15 is 0 Å². The van der Waals surface area contributed by atoms with Gasteiger partial charge in [-0.15, -0.1) is 0 Å². The number of carbonyl (C=O) groups excluding carboxylic acids is 2. The van der Waals surface area contributed by atoms with Crippen LogP contribution in [0.3, 0.4) is 0 Å². The van der Waals surface area contributed by atoms with Gasteiger partial charge in [-0.2, -0.15) is 0 Å². The molecule has 0 saturated heterocycles. The molecule has 0 bridgehead atoms. The third kappa shape index (κ3) is 3.65. The van der Waals surface area contributed by atoms with Crippen LogP contribution in [0.2, 0.25) is 0 Å². The maximum absolute atomic E-state index is 12.2. The second kappa shape index (κ2) is 7.38. The normalized spacial score (nSPS) is 13.1. The molecule has 0 unspecified atom stereocenters. The Morgan fingerprint density at radius 1 is 1.32 bits per heavy atom. The molecule has 0 radical (unpaired) electrons. The van der Waals surface area contributed by atoms with Crippen LogP contribution < -0.4 is 16.0 Å². The predicted molar refractivity (Wildman–Crippen MR) is 93.6 cm³/mol. The Labute approximate surface area is 146 Å². The van der Waals surface area contributed by atoms with Gasteiger partial charge < -0.3 is 20.5 Å². The molecule has 1 aliphatic heterocycles. The van der Waals surface area contributed by atoms with Gasteiger partial charge in [-0.1, -0.05) is 25.1 Å². The Hall–Kier alpha value is -2.83. The van der Waals surface area contributed by atoms with Gasteiger partial charge in [-0.25, -0.2) is 4.79 Å². The Bertz CT molecular complexity index is 776. The van der Waals surface area contributed by atoms with Crippen molar-refractivity contribution in [2.75, 3.05) is 11.9 Å². The number of fused-ring (bicyclic) bond motifs is 1. The number of nitrogens with one attached hydrogen (secondary N) is 3. The van der Waals surface area contributed by atoms with Crippen molar-refractivity contribution >= 4 is 17.6 Å². The van der Waals surface area contributed by atoms with Crippen molar-refractivity contribution in [1.29, 1.82) is 0 Å². The van der Waals surface area contributed by atoms with Crippen LogP contribution >= 0.6 is 0 Å². The summed E-state index contributed by atoms with van der Waals surface area (Å²) in [7, 11) is 0. The van der Waals surface area contributed by atoms with Crippen molar-refractivity contribution in [3.63, 3.8) is 0 Å². The molecule has 132 valence electrons. The number of anilines is 1. The monoisotopic (exact) mass is 342 g/mol. The highest BCUT2D eigenvalue weighted by Crippen LogP contribution is 2.19. The second-order valence-corrected chi connectivity index (χ2v) is 5.92. The molecule has 3 amide bonds. The lowest BCUT2D eigenvalue weighted by Crippen LogP contribution is -2.32. The van der Waals surface area contributed by atoms with Crippen LogP contribution in [-0.2, 0) is 25.8 Å². The average Bonchev–Trinajstić information content (AvgIpc) is 3.02. The van der Waals surface area contributed by atoms with E-state index in [0.717, 1.165) is 41.8 Å². The number of benzene rings is 1. The number of hydrogen-bond donors (Lipinski definition) is 3. The number of carbonyl (C=O) groups is 2. The van der Waals surface area contributed by atoms with Crippen molar-refractivity contribution in [3.8, 4) is 0 Å². The molecule has 25 heavy (non-hydrogen) atoms. The van der Waals surface area contributed by atoms with E-state index in [0.29, 0.717) is 24.3 Å². The lowest BCUT2D eigenvalue weighted by molar-refractivity contribution is 0.0946. The highest BCUT2D eigenvalue weighted by Gasteiger charge is 2.18. The molecule has 2 heterocycles. The molecule has 1 aromatic carbocycles. The summed E-state index contributed by atoms with van der Waals surface area (Å²) in [5, 5.41) is 12.4. The lowest BCUT2D eigenvalue weighted by Gasteiger charge is -2.17. The van der Waals surface area contributed by atoms with Crippen LogP contribution in [0.15, 0.2) is 22.7 Å². The highest BCUT2D eigenvalue weighted by atomic mass is 16.5. The van der Waals surface area contributed by atoms with Crippen LogP contribution in [0, 0.1) is 0 Å². The smallest absolute Gasteiger partial charge is 0.319 e. The summed E-state index contributed by atoms with van der Waals surface area (Å²) in [5.74, 6) is 0.692. The zero-order chi connectivity index (χ0) is 17.8. The Balaban J connectivity index is 1.65. The SMILES string of the molecule is CCc1noc(CC)c1CNC(=O)Nc1ccc2c(c1)C(=O)NCC2. The van der Waals surface area contributed by atoms with Crippen molar-refractivity contribution in [3.05, 3.63) is 46.3 Å². The first-order valence-electron chi connectivity index (χ1n) is 8.54. The molecule has 0 aliphatic carbocycles. The van der Waals surface area contributed by atoms with Crippen LogP contribution in [0.4, 0.5) is 10.5 Å². The van der Waals surface area contributed by atoms with Gasteiger partial charge in [0.25, 0.3) is 5.91 Å². The molecular weight excluding hydrogens is 320 g/mol. The number of rotatable bonds is 5. The van der Waals surface area contributed by atoms with Gasteiger partial charge in [0, 0.05) is 36.3 Å². The number of aryl methyl sites for hydroxylation is 2. The number of urea groups is 1. The summed E-state index contributed by atoms with van der Waals surface area (Å²) in [4.78, 5) is 24.1. The third-order valence-corrected chi connectivity index (χ3v) is 4.32. The summed E-state index contributed by atoms with van der Waals surface area (Å²) < 4.78 is 5.29. The zero-order valence-electron chi connectivity index (χ0n) is 14.4. The molecule has 0 fully saturated rings. The largest absolute Gasteiger partial charge is 0.361 e. The van der Waals surface area contributed by atoms with Crippen LogP contribution in [-0.4, -0.2) is 23.6 Å². The Morgan fingerprint density at radius 2 is 2.16 bits per heavy atom. The Morgan fingerprint density at radius 3 is 2.92 bits per heavy atom. The number of hydrogen-bond acceptors (Lipinski definition) is 4. The fraction of sp³-hybridized carbons (Fsp3) is 0.389. The quantitative estimate of drug-likeness (QED) is 0.777. The average molecular weight is 342 g/mol. The van der Waals surface area contributed by atoms with Crippen LogP contribution in [0.25, 0.3) is 0 Å². The minimum absolute atomic E-state index is 0.102. The minimum Gasteiger partial charge on any atom is -0.361 e. The fourth-order valence-electron chi connectivity index (χ4n) is 2.97. The molecule has 2 aromatic rings. The molecule has 3 rings (SSSR count). The van der Waals surface area contributed by atoms with Gasteiger partial charge in [0.05, 0.1) is 5.69 Å². The van der Waals surface area contributed by atoms with Crippen LogP contribution in [0.5, 0.6) is 0 Å². The van der Waals surface area contributed by atoms with Crippen molar-refractivity contribution in [2.45, 2.75) is 39.7 Å². The van der Waals surface area contributed by atoms with E-state index in [-0.39, 0.29) is 11.9 Å². The first-order valence-corrected chi connectivity index (χ1v) is 8.54. The molecule has 3 N–H and O–H groups in total. The number of nitrogens with zero attached hydrogens (tertiary/aromatic N) is 1. The van der Waals surface area contributed by atoms with Crippen molar-refractivity contribution < 1.29 is 14.1 Å².